The fraction of sp³-hybridized carbons (Fsp3) is 0.250. The number of ether oxygens (including phenoxy) is 3. The van der Waals surface area contributed by atoms with Gasteiger partial charge >= 0.3 is 18.2 Å². The van der Waals surface area contributed by atoms with Crippen molar-refractivity contribution in [1.29, 1.82) is 0 Å². The maximum absolute atomic E-state index is 13.2. The van der Waals surface area contributed by atoms with E-state index in [1.54, 1.807) is 60.7 Å². The molecule has 222 valence electrons. The van der Waals surface area contributed by atoms with Crippen LogP contribution in [-0.4, -0.2) is 46.0 Å². The molecule has 0 fully saturated rings. The van der Waals surface area contributed by atoms with Crippen LogP contribution in [0.15, 0.2) is 84.9 Å². The highest BCUT2D eigenvalue weighted by atomic mass is 31.2. The number of benzene rings is 3. The minimum Gasteiger partial charge on any atom is -0.459 e. The molecule has 3 unspecified atom stereocenters. The summed E-state index contributed by atoms with van der Waals surface area (Å²) in [4.78, 5) is 58.7. The van der Waals surface area contributed by atoms with Gasteiger partial charge in [0.2, 0.25) is 7.37 Å². The smallest absolute Gasteiger partial charge is 0.408 e. The zero-order chi connectivity index (χ0) is 30.5. The third-order valence-electron chi connectivity index (χ3n) is 5.91. The topological polar surface area (TPSA) is 183 Å². The number of hydrogen-bond donors (Lipinski definition) is 3. The van der Waals surface area contributed by atoms with Crippen LogP contribution in [0.5, 0.6) is 0 Å². The highest BCUT2D eigenvalue weighted by Gasteiger charge is 2.37. The van der Waals surface area contributed by atoms with E-state index in [9.17, 15) is 34.0 Å². The number of carbonyl (C=O) groups excluding carboxylic acids is 3. The number of amides is 2. The second-order valence-electron chi connectivity index (χ2n) is 9.11. The van der Waals surface area contributed by atoms with Crippen molar-refractivity contribution in [1.82, 2.24) is 10.6 Å². The van der Waals surface area contributed by atoms with Crippen LogP contribution in [0, 0.1) is 10.1 Å². The lowest BCUT2D eigenvalue weighted by molar-refractivity contribution is -0.384. The monoisotopic (exact) mass is 599 g/mol. The summed E-state index contributed by atoms with van der Waals surface area (Å²) < 4.78 is 28.6. The molecule has 2 amide bonds. The van der Waals surface area contributed by atoms with Gasteiger partial charge in [-0.25, -0.2) is 14.4 Å². The predicted octanol–water partition coefficient (Wildman–Crippen LogP) is 4.48. The molecule has 0 radical (unpaired) electrons. The maximum atomic E-state index is 13.2. The average Bonchev–Trinajstić information content (AvgIpc) is 2.98. The Bertz CT molecular complexity index is 1400. The standard InChI is InChI=1S/C28H30N3O10P/c1-20(29-27(33)40-17-21-8-4-2-5-9-21)42(37,38)19-25(30-28(34)41-18-22-10-6-3-7-11-22)26(32)39-16-23-12-14-24(15-13-23)31(35)36/h2-15,20,25H,16-19H2,1H3,(H,29,33)(H,30,34)(H,37,38). The highest BCUT2D eigenvalue weighted by molar-refractivity contribution is 7.58. The van der Waals surface area contributed by atoms with Crippen LogP contribution >= 0.6 is 7.37 Å². The van der Waals surface area contributed by atoms with Gasteiger partial charge in [-0.1, -0.05) is 60.7 Å². The molecule has 0 heterocycles. The van der Waals surface area contributed by atoms with Gasteiger partial charge in [0, 0.05) is 12.1 Å². The zero-order valence-corrected chi connectivity index (χ0v) is 23.5. The fourth-order valence-electron chi connectivity index (χ4n) is 3.51. The molecule has 0 aliphatic carbocycles. The lowest BCUT2D eigenvalue weighted by Crippen LogP contribution is -2.46. The van der Waals surface area contributed by atoms with Crippen molar-refractivity contribution >= 4 is 31.2 Å². The van der Waals surface area contributed by atoms with Gasteiger partial charge < -0.3 is 29.7 Å². The van der Waals surface area contributed by atoms with E-state index < -0.39 is 48.4 Å². The molecule has 0 spiro atoms. The number of carbonyl (C=O) groups is 3. The molecule has 0 saturated carbocycles. The second-order valence-corrected chi connectivity index (χ2v) is 11.8. The molecule has 0 aromatic heterocycles. The summed E-state index contributed by atoms with van der Waals surface area (Å²) in [5.74, 6) is -2.41. The number of nitrogens with one attached hydrogen (secondary N) is 2. The van der Waals surface area contributed by atoms with Crippen LogP contribution in [0.4, 0.5) is 15.3 Å². The van der Waals surface area contributed by atoms with Crippen LogP contribution in [0.2, 0.25) is 0 Å². The molecule has 14 heteroatoms. The van der Waals surface area contributed by atoms with Crippen molar-refractivity contribution in [3.05, 3.63) is 112 Å². The number of alkyl carbamates (subject to hydrolysis) is 2. The number of nitro groups is 1. The number of nitrogens with zero attached hydrogens (tertiary/aromatic N) is 1. The largest absolute Gasteiger partial charge is 0.459 e. The summed E-state index contributed by atoms with van der Waals surface area (Å²) in [5, 5.41) is 15.4. The minimum absolute atomic E-state index is 0.0679. The van der Waals surface area contributed by atoms with E-state index in [4.69, 9.17) is 14.2 Å². The zero-order valence-electron chi connectivity index (χ0n) is 22.6. The molecule has 3 aromatic carbocycles. The molecular weight excluding hydrogens is 569 g/mol. The fourth-order valence-corrected chi connectivity index (χ4v) is 4.90. The van der Waals surface area contributed by atoms with Crippen LogP contribution in [0.1, 0.15) is 23.6 Å². The Kier molecular flexibility index (Phi) is 11.6. The molecule has 0 bridgehead atoms. The molecule has 0 aliphatic rings. The van der Waals surface area contributed by atoms with Gasteiger partial charge in [0.05, 0.1) is 11.1 Å². The van der Waals surface area contributed by atoms with Crippen molar-refractivity contribution in [3.8, 4) is 0 Å². The van der Waals surface area contributed by atoms with Crippen molar-refractivity contribution < 1.29 is 43.0 Å². The first-order chi connectivity index (χ1) is 20.0. The van der Waals surface area contributed by atoms with Crippen molar-refractivity contribution in [3.63, 3.8) is 0 Å². The first-order valence-electron chi connectivity index (χ1n) is 12.7. The van der Waals surface area contributed by atoms with E-state index in [2.05, 4.69) is 10.6 Å². The van der Waals surface area contributed by atoms with Crippen molar-refractivity contribution in [2.45, 2.75) is 38.6 Å². The molecule has 3 N–H and O–H groups in total. The molecule has 0 saturated heterocycles. The lowest BCUT2D eigenvalue weighted by Gasteiger charge is -2.24. The maximum Gasteiger partial charge on any atom is 0.408 e. The van der Waals surface area contributed by atoms with Gasteiger partial charge in [-0.3, -0.25) is 14.7 Å². The lowest BCUT2D eigenvalue weighted by atomic mass is 10.2. The predicted molar refractivity (Wildman–Crippen MR) is 150 cm³/mol. The molecule has 42 heavy (non-hydrogen) atoms. The third kappa shape index (κ3) is 10.3. The summed E-state index contributed by atoms with van der Waals surface area (Å²) in [5.41, 5.74) is 1.63. The molecule has 3 aromatic rings. The Morgan fingerprint density at radius 2 is 1.24 bits per heavy atom. The molecule has 0 aliphatic heterocycles. The number of esters is 1. The van der Waals surface area contributed by atoms with Crippen molar-refractivity contribution in [2.24, 2.45) is 0 Å². The van der Waals surface area contributed by atoms with Gasteiger partial charge in [0.15, 0.2) is 0 Å². The summed E-state index contributed by atoms with van der Waals surface area (Å²) in [6.45, 7) is 0.738. The van der Waals surface area contributed by atoms with Crippen LogP contribution in [-0.2, 0) is 43.4 Å². The summed E-state index contributed by atoms with van der Waals surface area (Å²) in [6.07, 6.45) is -2.79. The Morgan fingerprint density at radius 3 is 1.74 bits per heavy atom. The van der Waals surface area contributed by atoms with Crippen LogP contribution in [0.25, 0.3) is 0 Å². The van der Waals surface area contributed by atoms with Gasteiger partial charge in [0.25, 0.3) is 5.69 Å². The first-order valence-corrected chi connectivity index (χ1v) is 14.6. The highest BCUT2D eigenvalue weighted by Crippen LogP contribution is 2.45. The van der Waals surface area contributed by atoms with Gasteiger partial charge in [-0.05, 0) is 35.7 Å². The van der Waals surface area contributed by atoms with Crippen molar-refractivity contribution in [2.75, 3.05) is 6.16 Å². The van der Waals surface area contributed by atoms with E-state index in [1.165, 1.54) is 31.2 Å². The second kappa shape index (κ2) is 15.3. The Morgan fingerprint density at radius 1 is 0.786 bits per heavy atom. The molecule has 3 atom stereocenters. The SMILES string of the molecule is CC(NC(=O)OCc1ccccc1)P(=O)(O)CC(NC(=O)OCc1ccccc1)C(=O)OCc1ccc([N+](=O)[O-])cc1. The van der Waals surface area contributed by atoms with Crippen LogP contribution < -0.4 is 10.6 Å². The minimum atomic E-state index is -4.35. The van der Waals surface area contributed by atoms with E-state index in [0.29, 0.717) is 16.7 Å². The van der Waals surface area contributed by atoms with E-state index in [-0.39, 0.29) is 25.5 Å². The molecule has 13 nitrogen and oxygen atoms in total. The Labute approximate surface area is 241 Å². The summed E-state index contributed by atoms with van der Waals surface area (Å²) in [7, 11) is -4.35. The first kappa shape index (κ1) is 31.8. The quantitative estimate of drug-likeness (QED) is 0.0832. The number of hydrogen-bond acceptors (Lipinski definition) is 9. The number of nitro benzene ring substituents is 1. The van der Waals surface area contributed by atoms with E-state index in [0.717, 1.165) is 0 Å². The van der Waals surface area contributed by atoms with E-state index in [1.807, 2.05) is 0 Å². The van der Waals surface area contributed by atoms with Crippen LogP contribution in [0.3, 0.4) is 0 Å². The van der Waals surface area contributed by atoms with Gasteiger partial charge in [0.1, 0.15) is 31.6 Å². The summed E-state index contributed by atoms with van der Waals surface area (Å²) >= 11 is 0. The summed E-state index contributed by atoms with van der Waals surface area (Å²) in [6, 6.07) is 21.1. The van der Waals surface area contributed by atoms with E-state index >= 15 is 0 Å². The average molecular weight is 600 g/mol. The Balaban J connectivity index is 1.64. The Hall–Kier alpha value is -4.74. The number of non-ortho nitro benzene ring substituents is 1. The third-order valence-corrected chi connectivity index (χ3v) is 8.13. The normalized spacial score (nSPS) is 13.5. The number of rotatable bonds is 13. The van der Waals surface area contributed by atoms with Gasteiger partial charge in [-0.15, -0.1) is 0 Å². The molecular formula is C28H30N3O10P. The van der Waals surface area contributed by atoms with Gasteiger partial charge in [-0.2, -0.15) is 0 Å². The molecule has 3 rings (SSSR count).